The Balaban J connectivity index is 0.000000380. The van der Waals surface area contributed by atoms with Gasteiger partial charge >= 0.3 is 11.9 Å². The van der Waals surface area contributed by atoms with Crippen molar-refractivity contribution in [3.8, 4) is 0 Å². The van der Waals surface area contributed by atoms with Crippen LogP contribution in [0.2, 0.25) is 0 Å². The molecule has 0 atom stereocenters. The van der Waals surface area contributed by atoms with Crippen LogP contribution in [0.3, 0.4) is 0 Å². The number of aliphatic carboxylic acids is 2. The lowest BCUT2D eigenvalue weighted by atomic mass is 10.0. The van der Waals surface area contributed by atoms with E-state index in [1.165, 1.54) is 74.7 Å². The summed E-state index contributed by atoms with van der Waals surface area (Å²) in [4.78, 5) is 23.6. The highest BCUT2D eigenvalue weighted by Crippen LogP contribution is 2.22. The van der Waals surface area contributed by atoms with Crippen LogP contribution >= 0.6 is 15.9 Å². The quantitative estimate of drug-likeness (QED) is 0.700. The number of hydrogen-bond acceptors (Lipinski definition) is 4. The third-order valence-corrected chi connectivity index (χ3v) is 5.75. The molecule has 27 heavy (non-hydrogen) atoms. The number of nitrogens with zero attached hydrogens (tertiary/aromatic N) is 2. The van der Waals surface area contributed by atoms with Gasteiger partial charge < -0.3 is 15.1 Å². The maximum absolute atomic E-state index is 9.10. The Morgan fingerprint density at radius 1 is 0.889 bits per heavy atom. The summed E-state index contributed by atoms with van der Waals surface area (Å²) in [5.74, 6) is -3.65. The van der Waals surface area contributed by atoms with Crippen LogP contribution in [0.25, 0.3) is 0 Å². The van der Waals surface area contributed by atoms with E-state index in [4.69, 9.17) is 19.8 Å². The van der Waals surface area contributed by atoms with Gasteiger partial charge in [-0.15, -0.1) is 0 Å². The predicted octanol–water partition coefficient (Wildman–Crippen LogP) is 3.45. The fourth-order valence-corrected chi connectivity index (χ4v) is 4.02. The summed E-state index contributed by atoms with van der Waals surface area (Å²) in [6.45, 7) is 6.32. The van der Waals surface area contributed by atoms with Crippen molar-refractivity contribution in [1.29, 1.82) is 0 Å². The molecular weight excluding hydrogens is 412 g/mol. The van der Waals surface area contributed by atoms with Gasteiger partial charge in [-0.05, 0) is 69.6 Å². The van der Waals surface area contributed by atoms with Crippen molar-refractivity contribution in [2.45, 2.75) is 51.1 Å². The Labute approximate surface area is 169 Å². The van der Waals surface area contributed by atoms with Gasteiger partial charge in [-0.25, -0.2) is 9.59 Å². The molecule has 2 N–H and O–H groups in total. The number of carbonyl (C=O) groups is 2. The van der Waals surface area contributed by atoms with Gasteiger partial charge in [0.2, 0.25) is 0 Å². The second-order valence-corrected chi connectivity index (χ2v) is 8.11. The number of halogens is 1. The molecule has 1 aromatic carbocycles. The first-order valence-electron chi connectivity index (χ1n) is 9.63. The predicted molar refractivity (Wildman–Crippen MR) is 108 cm³/mol. The molecule has 0 aliphatic carbocycles. The normalized spacial score (nSPS) is 19.6. The SMILES string of the molecule is Brc1ccc(CN2CCC(N3CCCCCC3)CC2)cc1.O=C(O)C(=O)O. The summed E-state index contributed by atoms with van der Waals surface area (Å²) in [6.07, 6.45) is 8.43. The minimum atomic E-state index is -1.82. The Morgan fingerprint density at radius 2 is 1.41 bits per heavy atom. The molecule has 2 fully saturated rings. The summed E-state index contributed by atoms with van der Waals surface area (Å²) >= 11 is 3.51. The lowest BCUT2D eigenvalue weighted by Crippen LogP contribution is -2.45. The molecule has 2 saturated heterocycles. The average Bonchev–Trinajstić information content (AvgIpc) is 2.94. The lowest BCUT2D eigenvalue weighted by molar-refractivity contribution is -0.159. The Morgan fingerprint density at radius 3 is 1.89 bits per heavy atom. The largest absolute Gasteiger partial charge is 0.473 e. The highest BCUT2D eigenvalue weighted by molar-refractivity contribution is 9.10. The number of rotatable bonds is 3. The van der Waals surface area contributed by atoms with Crippen molar-refractivity contribution in [3.05, 3.63) is 34.3 Å². The summed E-state index contributed by atoms with van der Waals surface area (Å²) in [7, 11) is 0. The minimum Gasteiger partial charge on any atom is -0.473 e. The Hall–Kier alpha value is -1.44. The topological polar surface area (TPSA) is 81.1 Å². The molecule has 0 spiro atoms. The number of likely N-dealkylation sites (tertiary alicyclic amines) is 2. The molecule has 7 heteroatoms. The first-order valence-corrected chi connectivity index (χ1v) is 10.4. The van der Waals surface area contributed by atoms with Crippen molar-refractivity contribution in [2.24, 2.45) is 0 Å². The molecule has 1 aromatic rings. The van der Waals surface area contributed by atoms with Gasteiger partial charge in [0.05, 0.1) is 0 Å². The maximum atomic E-state index is 9.10. The smallest absolute Gasteiger partial charge is 0.414 e. The van der Waals surface area contributed by atoms with Crippen LogP contribution in [-0.4, -0.2) is 64.2 Å². The van der Waals surface area contributed by atoms with Crippen LogP contribution in [0.5, 0.6) is 0 Å². The van der Waals surface area contributed by atoms with Crippen molar-refractivity contribution < 1.29 is 19.8 Å². The van der Waals surface area contributed by atoms with E-state index in [-0.39, 0.29) is 0 Å². The van der Waals surface area contributed by atoms with Crippen LogP contribution in [0.4, 0.5) is 0 Å². The first kappa shape index (κ1) is 21.9. The van der Waals surface area contributed by atoms with Crippen molar-refractivity contribution in [2.75, 3.05) is 26.2 Å². The molecular formula is C20H29BrN2O4. The molecule has 0 aromatic heterocycles. The fraction of sp³-hybridized carbons (Fsp3) is 0.600. The van der Waals surface area contributed by atoms with E-state index in [1.54, 1.807) is 0 Å². The highest BCUT2D eigenvalue weighted by Gasteiger charge is 2.24. The van der Waals surface area contributed by atoms with E-state index in [1.807, 2.05) is 0 Å². The molecule has 150 valence electrons. The number of carboxylic acid groups (broad SMARTS) is 2. The monoisotopic (exact) mass is 440 g/mol. The molecule has 2 aliphatic heterocycles. The van der Waals surface area contributed by atoms with Gasteiger partial charge in [0.15, 0.2) is 0 Å². The molecule has 2 aliphatic rings. The molecule has 3 rings (SSSR count). The van der Waals surface area contributed by atoms with Crippen molar-refractivity contribution in [1.82, 2.24) is 9.80 Å². The second kappa shape index (κ2) is 11.4. The second-order valence-electron chi connectivity index (χ2n) is 7.19. The summed E-state index contributed by atoms with van der Waals surface area (Å²) in [5, 5.41) is 14.8. The minimum absolute atomic E-state index is 0.851. The van der Waals surface area contributed by atoms with Gasteiger partial charge in [0, 0.05) is 17.1 Å². The van der Waals surface area contributed by atoms with E-state index in [0.717, 1.165) is 12.6 Å². The standard InChI is InChI=1S/C18H27BrN2.C2H2O4/c19-17-7-5-16(6-8-17)15-20-13-9-18(10-14-20)21-11-3-1-2-4-12-21;3-1(4)2(5)6/h5-8,18H,1-4,9-15H2;(H,3,4)(H,5,6). The lowest BCUT2D eigenvalue weighted by Gasteiger charge is -2.38. The molecule has 0 unspecified atom stereocenters. The zero-order valence-corrected chi connectivity index (χ0v) is 17.2. The third kappa shape index (κ3) is 7.99. The summed E-state index contributed by atoms with van der Waals surface area (Å²) in [6, 6.07) is 9.64. The van der Waals surface area contributed by atoms with Crippen LogP contribution < -0.4 is 0 Å². The highest BCUT2D eigenvalue weighted by atomic mass is 79.9. The summed E-state index contributed by atoms with van der Waals surface area (Å²) < 4.78 is 1.17. The number of hydrogen-bond donors (Lipinski definition) is 2. The van der Waals surface area contributed by atoms with Gasteiger partial charge in [-0.1, -0.05) is 40.9 Å². The molecule has 2 heterocycles. The van der Waals surface area contributed by atoms with E-state index in [0.29, 0.717) is 0 Å². The molecule has 0 bridgehead atoms. The third-order valence-electron chi connectivity index (χ3n) is 5.22. The molecule has 0 amide bonds. The molecule has 6 nitrogen and oxygen atoms in total. The van der Waals surface area contributed by atoms with E-state index < -0.39 is 11.9 Å². The fourth-order valence-electron chi connectivity index (χ4n) is 3.75. The molecule has 0 radical (unpaired) electrons. The van der Waals surface area contributed by atoms with Gasteiger partial charge in [-0.2, -0.15) is 0 Å². The van der Waals surface area contributed by atoms with Gasteiger partial charge in [0.25, 0.3) is 0 Å². The number of piperidine rings is 1. The zero-order chi connectivity index (χ0) is 19.6. The zero-order valence-electron chi connectivity index (χ0n) is 15.6. The van der Waals surface area contributed by atoms with Gasteiger partial charge in [-0.3, -0.25) is 4.90 Å². The van der Waals surface area contributed by atoms with Gasteiger partial charge in [0.1, 0.15) is 0 Å². The number of benzene rings is 1. The van der Waals surface area contributed by atoms with Crippen LogP contribution in [0.15, 0.2) is 28.7 Å². The maximum Gasteiger partial charge on any atom is 0.414 e. The number of carboxylic acids is 2. The van der Waals surface area contributed by atoms with E-state index >= 15 is 0 Å². The van der Waals surface area contributed by atoms with E-state index in [2.05, 4.69) is 50.0 Å². The van der Waals surface area contributed by atoms with Crippen molar-refractivity contribution in [3.63, 3.8) is 0 Å². The van der Waals surface area contributed by atoms with E-state index in [9.17, 15) is 0 Å². The Kier molecular flexibility index (Phi) is 9.24. The van der Waals surface area contributed by atoms with Crippen LogP contribution in [0, 0.1) is 0 Å². The Bertz CT molecular complexity index is 581. The van der Waals surface area contributed by atoms with Crippen LogP contribution in [-0.2, 0) is 16.1 Å². The van der Waals surface area contributed by atoms with Crippen LogP contribution in [0.1, 0.15) is 44.1 Å². The average molecular weight is 441 g/mol. The van der Waals surface area contributed by atoms with Crippen molar-refractivity contribution >= 4 is 27.9 Å². The first-order chi connectivity index (χ1) is 13.0. The molecule has 0 saturated carbocycles. The summed E-state index contributed by atoms with van der Waals surface area (Å²) in [5.41, 5.74) is 1.44.